The Bertz CT molecular complexity index is 954. The number of phenolic OH excluding ortho intramolecular Hbond substituents is 1. The van der Waals surface area contributed by atoms with E-state index in [0.717, 1.165) is 11.1 Å². The molecule has 0 spiro atoms. The molecule has 5 nitrogen and oxygen atoms in total. The predicted octanol–water partition coefficient (Wildman–Crippen LogP) is 4.89. The van der Waals surface area contributed by atoms with Crippen LogP contribution in [0.1, 0.15) is 18.1 Å². The number of esters is 1. The number of aromatic hydroxyl groups is 1. The standard InChI is InChI=1S/C25H26O5/c1-3-29-25(27)23(17-28-16-19-10-6-4-7-11-19)30-22-15-14-21(24(26)18(22)2)20-12-8-5-9-13-20/h4-15,23,26H,3,16-17H2,1-2H3. The molecule has 0 saturated heterocycles. The molecule has 3 rings (SSSR count). The van der Waals surface area contributed by atoms with Crippen LogP contribution in [-0.2, 0) is 20.9 Å². The molecule has 1 atom stereocenters. The summed E-state index contributed by atoms with van der Waals surface area (Å²) in [6, 6.07) is 22.8. The summed E-state index contributed by atoms with van der Waals surface area (Å²) in [7, 11) is 0. The fourth-order valence-electron chi connectivity index (χ4n) is 3.06. The highest BCUT2D eigenvalue weighted by Gasteiger charge is 2.24. The number of ether oxygens (including phenoxy) is 3. The molecule has 0 fully saturated rings. The molecular weight excluding hydrogens is 380 g/mol. The lowest BCUT2D eigenvalue weighted by Gasteiger charge is -2.20. The topological polar surface area (TPSA) is 65.0 Å². The Morgan fingerprint density at radius 3 is 2.30 bits per heavy atom. The van der Waals surface area contributed by atoms with Gasteiger partial charge in [-0.25, -0.2) is 4.79 Å². The van der Waals surface area contributed by atoms with Crippen molar-refractivity contribution in [1.82, 2.24) is 0 Å². The number of carbonyl (C=O) groups is 1. The summed E-state index contributed by atoms with van der Waals surface area (Å²) >= 11 is 0. The fraction of sp³-hybridized carbons (Fsp3) is 0.240. The van der Waals surface area contributed by atoms with E-state index >= 15 is 0 Å². The summed E-state index contributed by atoms with van der Waals surface area (Å²) in [5, 5.41) is 10.7. The van der Waals surface area contributed by atoms with Gasteiger partial charge in [0.1, 0.15) is 11.5 Å². The van der Waals surface area contributed by atoms with Crippen LogP contribution in [0.3, 0.4) is 0 Å². The lowest BCUT2D eigenvalue weighted by molar-refractivity contribution is -0.154. The Balaban J connectivity index is 1.74. The van der Waals surface area contributed by atoms with E-state index in [0.29, 0.717) is 23.5 Å². The zero-order valence-electron chi connectivity index (χ0n) is 17.2. The maximum atomic E-state index is 12.4. The third kappa shape index (κ3) is 5.39. The third-order valence-corrected chi connectivity index (χ3v) is 4.67. The number of rotatable bonds is 9. The zero-order valence-corrected chi connectivity index (χ0v) is 17.2. The molecule has 156 valence electrons. The third-order valence-electron chi connectivity index (χ3n) is 4.67. The normalized spacial score (nSPS) is 11.7. The molecule has 1 unspecified atom stereocenters. The molecule has 0 aliphatic heterocycles. The minimum atomic E-state index is -0.936. The maximum Gasteiger partial charge on any atom is 0.349 e. The first-order valence-electron chi connectivity index (χ1n) is 9.93. The smallest absolute Gasteiger partial charge is 0.349 e. The van der Waals surface area contributed by atoms with Gasteiger partial charge in [0.25, 0.3) is 0 Å². The number of carbonyl (C=O) groups excluding carboxylic acids is 1. The fourth-order valence-corrected chi connectivity index (χ4v) is 3.06. The van der Waals surface area contributed by atoms with Crippen molar-refractivity contribution in [3.05, 3.63) is 83.9 Å². The van der Waals surface area contributed by atoms with Crippen LogP contribution in [0.25, 0.3) is 11.1 Å². The van der Waals surface area contributed by atoms with Crippen molar-refractivity contribution < 1.29 is 24.1 Å². The van der Waals surface area contributed by atoms with E-state index < -0.39 is 12.1 Å². The van der Waals surface area contributed by atoms with Crippen LogP contribution in [0.15, 0.2) is 72.8 Å². The van der Waals surface area contributed by atoms with E-state index in [2.05, 4.69) is 0 Å². The predicted molar refractivity (Wildman–Crippen MR) is 115 cm³/mol. The van der Waals surface area contributed by atoms with Gasteiger partial charge in [0.2, 0.25) is 6.10 Å². The summed E-state index contributed by atoms with van der Waals surface area (Å²) in [5.41, 5.74) is 3.15. The first-order chi connectivity index (χ1) is 14.6. The molecule has 0 aromatic heterocycles. The number of phenols is 1. The van der Waals surface area contributed by atoms with Crippen molar-refractivity contribution in [3.8, 4) is 22.6 Å². The number of hydrogen-bond donors (Lipinski definition) is 1. The maximum absolute atomic E-state index is 12.4. The summed E-state index contributed by atoms with van der Waals surface area (Å²) in [4.78, 5) is 12.4. The van der Waals surface area contributed by atoms with Crippen LogP contribution in [0.4, 0.5) is 0 Å². The van der Waals surface area contributed by atoms with Crippen molar-refractivity contribution >= 4 is 5.97 Å². The van der Waals surface area contributed by atoms with Crippen molar-refractivity contribution in [2.75, 3.05) is 13.2 Å². The largest absolute Gasteiger partial charge is 0.507 e. The number of hydrogen-bond acceptors (Lipinski definition) is 5. The zero-order chi connectivity index (χ0) is 21.3. The van der Waals surface area contributed by atoms with E-state index in [1.807, 2.05) is 60.7 Å². The van der Waals surface area contributed by atoms with Crippen LogP contribution in [0, 0.1) is 6.92 Å². The Morgan fingerprint density at radius 1 is 0.967 bits per heavy atom. The summed E-state index contributed by atoms with van der Waals surface area (Å²) in [6.07, 6.45) is -0.936. The molecule has 0 aliphatic carbocycles. The average molecular weight is 406 g/mol. The Hall–Kier alpha value is -3.31. The van der Waals surface area contributed by atoms with E-state index in [9.17, 15) is 9.90 Å². The molecular formula is C25H26O5. The molecule has 3 aromatic rings. The molecule has 0 heterocycles. The van der Waals surface area contributed by atoms with Crippen molar-refractivity contribution in [2.24, 2.45) is 0 Å². The highest BCUT2D eigenvalue weighted by Crippen LogP contribution is 2.37. The van der Waals surface area contributed by atoms with E-state index in [4.69, 9.17) is 14.2 Å². The molecule has 5 heteroatoms. The first-order valence-corrected chi connectivity index (χ1v) is 9.93. The summed E-state index contributed by atoms with van der Waals surface area (Å²) in [6.45, 7) is 4.13. The van der Waals surface area contributed by atoms with Crippen LogP contribution in [-0.4, -0.2) is 30.4 Å². The lowest BCUT2D eigenvalue weighted by Crippen LogP contribution is -2.34. The molecule has 0 amide bonds. The molecule has 1 N–H and O–H groups in total. The minimum Gasteiger partial charge on any atom is -0.507 e. The van der Waals surface area contributed by atoms with Gasteiger partial charge in [0.15, 0.2) is 0 Å². The first kappa shape index (κ1) is 21.4. The van der Waals surface area contributed by atoms with Crippen LogP contribution < -0.4 is 4.74 Å². The number of benzene rings is 3. The van der Waals surface area contributed by atoms with E-state index in [1.54, 1.807) is 26.0 Å². The van der Waals surface area contributed by atoms with E-state index in [-0.39, 0.29) is 19.0 Å². The van der Waals surface area contributed by atoms with Crippen molar-refractivity contribution in [1.29, 1.82) is 0 Å². The van der Waals surface area contributed by atoms with E-state index in [1.165, 1.54) is 0 Å². The monoisotopic (exact) mass is 406 g/mol. The second kappa shape index (κ2) is 10.5. The second-order valence-electron chi connectivity index (χ2n) is 6.81. The van der Waals surface area contributed by atoms with Gasteiger partial charge in [0, 0.05) is 11.1 Å². The summed E-state index contributed by atoms with van der Waals surface area (Å²) in [5.74, 6) is 0.0247. The van der Waals surface area contributed by atoms with Crippen LogP contribution in [0.5, 0.6) is 11.5 Å². The van der Waals surface area contributed by atoms with Gasteiger partial charge in [-0.3, -0.25) is 0 Å². The quantitative estimate of drug-likeness (QED) is 0.512. The highest BCUT2D eigenvalue weighted by molar-refractivity contribution is 5.76. The van der Waals surface area contributed by atoms with Gasteiger partial charge < -0.3 is 19.3 Å². The molecule has 0 radical (unpaired) electrons. The average Bonchev–Trinajstić information content (AvgIpc) is 2.77. The van der Waals surface area contributed by atoms with Crippen molar-refractivity contribution in [3.63, 3.8) is 0 Å². The molecule has 0 aliphatic rings. The van der Waals surface area contributed by atoms with Gasteiger partial charge in [0.05, 0.1) is 19.8 Å². The SMILES string of the molecule is CCOC(=O)C(COCc1ccccc1)Oc1ccc(-c2ccccc2)c(O)c1C. The van der Waals surface area contributed by atoms with Crippen LogP contribution in [0.2, 0.25) is 0 Å². The van der Waals surface area contributed by atoms with Gasteiger partial charge in [-0.1, -0.05) is 60.7 Å². The summed E-state index contributed by atoms with van der Waals surface area (Å²) < 4.78 is 16.7. The lowest BCUT2D eigenvalue weighted by atomic mass is 10.0. The highest BCUT2D eigenvalue weighted by atomic mass is 16.6. The van der Waals surface area contributed by atoms with Crippen molar-refractivity contribution in [2.45, 2.75) is 26.6 Å². The van der Waals surface area contributed by atoms with Crippen LogP contribution >= 0.6 is 0 Å². The molecule has 3 aromatic carbocycles. The molecule has 30 heavy (non-hydrogen) atoms. The Labute approximate surface area is 176 Å². The Morgan fingerprint density at radius 2 is 1.63 bits per heavy atom. The minimum absolute atomic E-state index is 0.0361. The van der Waals surface area contributed by atoms with Gasteiger partial charge in [-0.15, -0.1) is 0 Å². The molecule has 0 bridgehead atoms. The second-order valence-corrected chi connectivity index (χ2v) is 6.81. The van der Waals surface area contributed by atoms with Gasteiger partial charge in [-0.2, -0.15) is 0 Å². The van der Waals surface area contributed by atoms with Gasteiger partial charge >= 0.3 is 5.97 Å². The molecule has 0 saturated carbocycles. The van der Waals surface area contributed by atoms with Gasteiger partial charge in [-0.05, 0) is 37.1 Å². The Kier molecular flexibility index (Phi) is 7.46.